The van der Waals surface area contributed by atoms with Gasteiger partial charge in [0.15, 0.2) is 5.76 Å². The second kappa shape index (κ2) is 10.2. The van der Waals surface area contributed by atoms with Crippen molar-refractivity contribution in [3.63, 3.8) is 0 Å². The average molecular weight is 498 g/mol. The van der Waals surface area contributed by atoms with Gasteiger partial charge in [-0.2, -0.15) is 0 Å². The largest absolute Gasteiger partial charge is 1.00 e. The Balaban J connectivity index is 0.00000361. The van der Waals surface area contributed by atoms with Crippen molar-refractivity contribution in [1.29, 1.82) is 0 Å². The Morgan fingerprint density at radius 2 is 1.78 bits per heavy atom. The topological polar surface area (TPSA) is 84.6 Å². The third-order valence-corrected chi connectivity index (χ3v) is 6.47. The molecule has 0 bridgehead atoms. The van der Waals surface area contributed by atoms with Crippen molar-refractivity contribution in [2.75, 3.05) is 0 Å². The minimum atomic E-state index is -1.31. The normalized spacial score (nSPS) is 16.8. The Morgan fingerprint density at radius 3 is 2.31 bits per heavy atom. The van der Waals surface area contributed by atoms with Gasteiger partial charge in [0.25, 0.3) is 0 Å². The maximum atomic E-state index is 12.4. The molecule has 3 heterocycles. The van der Waals surface area contributed by atoms with E-state index >= 15 is 0 Å². The number of rotatable bonds is 6. The number of aryl methyl sites for hydroxylation is 1. The summed E-state index contributed by atoms with van der Waals surface area (Å²) < 4.78 is 18.6. The molecule has 0 amide bonds. The van der Waals surface area contributed by atoms with Crippen LogP contribution in [0.15, 0.2) is 35.8 Å². The molecular weight excluding hydrogens is 465 g/mol. The van der Waals surface area contributed by atoms with Crippen molar-refractivity contribution in [3.8, 4) is 17.2 Å². The molecule has 0 N–H and O–H groups in total. The summed E-state index contributed by atoms with van der Waals surface area (Å²) in [5, 5.41) is 12.8. The molecule has 0 spiro atoms. The molecule has 0 aliphatic carbocycles. The first-order valence-corrected chi connectivity index (χ1v) is 11.8. The molecule has 7 heteroatoms. The third kappa shape index (κ3) is 5.32. The van der Waals surface area contributed by atoms with Crippen LogP contribution in [0.2, 0.25) is 0 Å². The van der Waals surface area contributed by atoms with Gasteiger partial charge in [-0.3, -0.25) is 0 Å². The Kier molecular flexibility index (Phi) is 7.97. The number of carbonyl (C=O) groups excluding carboxylic acids is 1. The van der Waals surface area contributed by atoms with Crippen LogP contribution in [0.25, 0.3) is 34.5 Å². The number of pyridine rings is 1. The molecule has 3 aromatic rings. The van der Waals surface area contributed by atoms with Crippen LogP contribution in [0.5, 0.6) is 5.75 Å². The Bertz CT molecular complexity index is 1340. The van der Waals surface area contributed by atoms with Crippen molar-refractivity contribution < 1.29 is 53.3 Å². The van der Waals surface area contributed by atoms with Crippen molar-refractivity contribution in [1.82, 2.24) is 4.98 Å². The van der Waals surface area contributed by atoms with E-state index in [-0.39, 0.29) is 52.4 Å². The van der Waals surface area contributed by atoms with Crippen LogP contribution >= 0.6 is 0 Å². The maximum Gasteiger partial charge on any atom is 1.00 e. The minimum Gasteiger partial charge on any atom is -0.545 e. The van der Waals surface area contributed by atoms with Crippen molar-refractivity contribution in [2.45, 2.75) is 71.7 Å². The maximum absolute atomic E-state index is 12.4. The van der Waals surface area contributed by atoms with Gasteiger partial charge >= 0.3 is 29.6 Å². The van der Waals surface area contributed by atoms with Gasteiger partial charge < -0.3 is 23.8 Å². The van der Waals surface area contributed by atoms with Gasteiger partial charge in [-0.15, -0.1) is 0 Å². The summed E-state index contributed by atoms with van der Waals surface area (Å²) in [5.74, 6) is 0.191. The van der Waals surface area contributed by atoms with Crippen LogP contribution in [0.1, 0.15) is 73.3 Å². The van der Waals surface area contributed by atoms with Crippen LogP contribution in [0.3, 0.4) is 0 Å². The molecular formula is C29H32NNaO5. The number of carbonyl (C=O) groups is 1. The SMILES string of the molecule is C=Cc1oc(-c2cc(C(=O)[O-])c3c(OC4CC(C)(C)OC(C)(C)C4)ccc(C)c3n2)c(C)c1C=C.[Na+]. The van der Waals surface area contributed by atoms with E-state index in [0.717, 1.165) is 16.7 Å². The molecule has 1 aliphatic heterocycles. The fraction of sp³-hybridized carbons (Fsp3) is 0.379. The Labute approximate surface area is 234 Å². The monoisotopic (exact) mass is 497 g/mol. The van der Waals surface area contributed by atoms with Crippen LogP contribution in [-0.4, -0.2) is 28.3 Å². The minimum absolute atomic E-state index is 0. The zero-order valence-corrected chi connectivity index (χ0v) is 24.3. The molecule has 1 aliphatic rings. The number of aromatic nitrogens is 1. The number of aromatic carboxylic acids is 1. The molecule has 1 fully saturated rings. The standard InChI is InChI=1S/C29H33NO5.Na/c1-9-19-17(4)26(34-22(19)10-2)21-13-20(27(31)32)24-23(12-11-16(3)25(24)30-21)33-18-14-28(5,6)35-29(7,8)15-18;/h9-13,18H,1-2,14-15H2,3-8H3,(H,31,32);/q;+1/p-1. The van der Waals surface area contributed by atoms with Gasteiger partial charge in [0.1, 0.15) is 23.3 Å². The predicted octanol–water partition coefficient (Wildman–Crippen LogP) is 2.88. The molecule has 0 radical (unpaired) electrons. The number of carboxylic acids is 1. The molecule has 4 rings (SSSR count). The zero-order valence-electron chi connectivity index (χ0n) is 22.3. The fourth-order valence-electron chi connectivity index (χ4n) is 5.28. The van der Waals surface area contributed by atoms with Crippen LogP contribution in [-0.2, 0) is 4.74 Å². The number of carboxylic acid groups (broad SMARTS) is 1. The molecule has 1 saturated heterocycles. The molecule has 2 aromatic heterocycles. The molecule has 6 nitrogen and oxygen atoms in total. The Hall–Kier alpha value is -2.38. The Morgan fingerprint density at radius 1 is 1.14 bits per heavy atom. The van der Waals surface area contributed by atoms with Gasteiger partial charge in [-0.1, -0.05) is 25.3 Å². The second-order valence-electron chi connectivity index (χ2n) is 10.5. The first kappa shape index (κ1) is 28.2. The first-order chi connectivity index (χ1) is 16.4. The van der Waals surface area contributed by atoms with Gasteiger partial charge in [0.2, 0.25) is 0 Å². The molecule has 0 atom stereocenters. The molecule has 36 heavy (non-hydrogen) atoms. The van der Waals surface area contributed by atoms with E-state index in [4.69, 9.17) is 18.9 Å². The summed E-state index contributed by atoms with van der Waals surface area (Å²) in [4.78, 5) is 17.2. The summed E-state index contributed by atoms with van der Waals surface area (Å²) >= 11 is 0. The van der Waals surface area contributed by atoms with E-state index in [0.29, 0.717) is 46.7 Å². The number of nitrogens with zero attached hydrogens (tertiary/aromatic N) is 1. The van der Waals surface area contributed by atoms with Crippen LogP contribution < -0.4 is 39.4 Å². The fourth-order valence-corrected chi connectivity index (χ4v) is 5.28. The smallest absolute Gasteiger partial charge is 0.545 e. The van der Waals surface area contributed by atoms with Gasteiger partial charge in [0.05, 0.1) is 28.1 Å². The first-order valence-electron chi connectivity index (χ1n) is 11.8. The summed E-state index contributed by atoms with van der Waals surface area (Å²) in [6.45, 7) is 19.6. The summed E-state index contributed by atoms with van der Waals surface area (Å²) in [6, 6.07) is 5.19. The van der Waals surface area contributed by atoms with E-state index < -0.39 is 5.97 Å². The quantitative estimate of drug-likeness (QED) is 0.487. The average Bonchev–Trinajstić information content (AvgIpc) is 3.08. The number of ether oxygens (including phenoxy) is 2. The third-order valence-electron chi connectivity index (χ3n) is 6.47. The van der Waals surface area contributed by atoms with E-state index in [2.05, 4.69) is 13.2 Å². The summed E-state index contributed by atoms with van der Waals surface area (Å²) in [5.41, 5.74) is 2.63. The van der Waals surface area contributed by atoms with E-state index in [1.165, 1.54) is 6.07 Å². The molecule has 184 valence electrons. The van der Waals surface area contributed by atoms with Crippen LogP contribution in [0, 0.1) is 13.8 Å². The zero-order chi connectivity index (χ0) is 25.7. The molecule has 0 unspecified atom stereocenters. The number of hydrogen-bond acceptors (Lipinski definition) is 6. The van der Waals surface area contributed by atoms with Crippen LogP contribution in [0.4, 0.5) is 0 Å². The van der Waals surface area contributed by atoms with Gasteiger partial charge in [0, 0.05) is 29.5 Å². The summed E-state index contributed by atoms with van der Waals surface area (Å²) in [7, 11) is 0. The number of furan rings is 1. The van der Waals surface area contributed by atoms with E-state index in [9.17, 15) is 9.90 Å². The molecule has 1 aromatic carbocycles. The summed E-state index contributed by atoms with van der Waals surface area (Å²) in [6.07, 6.45) is 4.50. The predicted molar refractivity (Wildman–Crippen MR) is 136 cm³/mol. The van der Waals surface area contributed by atoms with Crippen molar-refractivity contribution in [2.24, 2.45) is 0 Å². The van der Waals surface area contributed by atoms with E-state index in [1.807, 2.05) is 53.7 Å². The number of benzene rings is 1. The number of fused-ring (bicyclic) bond motifs is 1. The second-order valence-corrected chi connectivity index (χ2v) is 10.5. The van der Waals surface area contributed by atoms with Crippen molar-refractivity contribution in [3.05, 3.63) is 59.4 Å². The van der Waals surface area contributed by atoms with Gasteiger partial charge in [-0.25, -0.2) is 4.98 Å². The van der Waals surface area contributed by atoms with Gasteiger partial charge in [-0.05, 0) is 65.3 Å². The molecule has 0 saturated carbocycles. The van der Waals surface area contributed by atoms with Crippen molar-refractivity contribution >= 4 is 29.0 Å². The van der Waals surface area contributed by atoms with E-state index in [1.54, 1.807) is 12.2 Å². The number of hydrogen-bond donors (Lipinski definition) is 0.